The molecule has 2 aromatic rings. The Hall–Kier alpha value is -2.95. The lowest BCUT2D eigenvalue weighted by atomic mass is 10.1. The van der Waals surface area contributed by atoms with E-state index in [-0.39, 0.29) is 0 Å². The number of rotatable bonds is 11. The summed E-state index contributed by atoms with van der Waals surface area (Å²) in [7, 11) is 0. The van der Waals surface area contributed by atoms with Crippen LogP contribution in [-0.2, 0) is 16.1 Å². The van der Waals surface area contributed by atoms with E-state index in [4.69, 9.17) is 9.47 Å². The van der Waals surface area contributed by atoms with Crippen LogP contribution in [0.5, 0.6) is 0 Å². The number of hydrazone groups is 1. The van der Waals surface area contributed by atoms with Gasteiger partial charge in [-0.3, -0.25) is 0 Å². The van der Waals surface area contributed by atoms with E-state index in [0.29, 0.717) is 31.4 Å². The number of nitrogens with one attached hydrogen (secondary N) is 1. The second-order valence-electron chi connectivity index (χ2n) is 6.99. The molecule has 0 saturated heterocycles. The highest BCUT2D eigenvalue weighted by atomic mass is 16.5. The van der Waals surface area contributed by atoms with Crippen molar-refractivity contribution < 1.29 is 9.47 Å². The molecule has 1 aliphatic rings. The van der Waals surface area contributed by atoms with Crippen molar-refractivity contribution in [2.45, 2.75) is 46.1 Å². The highest BCUT2D eigenvalue weighted by Crippen LogP contribution is 2.23. The van der Waals surface area contributed by atoms with Crippen LogP contribution in [0.3, 0.4) is 0 Å². The quantitative estimate of drug-likeness (QED) is 0.532. The molecular weight excluding hydrogens is 362 g/mol. The first-order valence-corrected chi connectivity index (χ1v) is 10.5. The zero-order valence-electron chi connectivity index (χ0n) is 17.4. The maximum atomic E-state index is 6.30. The van der Waals surface area contributed by atoms with Gasteiger partial charge in [0.2, 0.25) is 5.76 Å². The minimum atomic E-state index is 0.461. The second kappa shape index (κ2) is 11.1. The van der Waals surface area contributed by atoms with Crippen LogP contribution in [0.15, 0.2) is 77.4 Å². The molecule has 5 nitrogen and oxygen atoms in total. The number of nitrogens with zero attached hydrogens (tertiary/aromatic N) is 2. The third-order valence-electron chi connectivity index (χ3n) is 4.76. The summed E-state index contributed by atoms with van der Waals surface area (Å²) in [6, 6.07) is 20.2. The van der Waals surface area contributed by atoms with Crippen molar-refractivity contribution in [3.63, 3.8) is 0 Å². The van der Waals surface area contributed by atoms with Gasteiger partial charge in [-0.05, 0) is 18.9 Å². The summed E-state index contributed by atoms with van der Waals surface area (Å²) in [4.78, 5) is 0. The third-order valence-corrected chi connectivity index (χ3v) is 4.76. The summed E-state index contributed by atoms with van der Waals surface area (Å²) in [5.41, 5.74) is 5.96. The van der Waals surface area contributed by atoms with E-state index in [1.165, 1.54) is 19.3 Å². The van der Waals surface area contributed by atoms with Crippen LogP contribution >= 0.6 is 0 Å². The molecule has 0 bridgehead atoms. The van der Waals surface area contributed by atoms with Crippen molar-refractivity contribution in [3.8, 4) is 0 Å². The summed E-state index contributed by atoms with van der Waals surface area (Å²) in [6.07, 6.45) is 4.63. The zero-order valence-corrected chi connectivity index (χ0v) is 17.4. The lowest BCUT2D eigenvalue weighted by Gasteiger charge is -2.31. The minimum Gasteiger partial charge on any atom is -0.481 e. The molecule has 0 atom stereocenters. The lowest BCUT2D eigenvalue weighted by molar-refractivity contribution is 0.0526. The summed E-state index contributed by atoms with van der Waals surface area (Å²) in [5, 5.41) is 6.48. The van der Waals surface area contributed by atoms with Gasteiger partial charge in [0.15, 0.2) is 0 Å². The zero-order chi connectivity index (χ0) is 20.3. The Kier molecular flexibility index (Phi) is 7.99. The average Bonchev–Trinajstić information content (AvgIpc) is 2.78. The lowest BCUT2D eigenvalue weighted by Crippen LogP contribution is -2.41. The van der Waals surface area contributed by atoms with Crippen LogP contribution in [-0.4, -0.2) is 23.9 Å². The fraction of sp³-hybridized carbons (Fsp3) is 0.375. The van der Waals surface area contributed by atoms with E-state index in [9.17, 15) is 0 Å². The van der Waals surface area contributed by atoms with Gasteiger partial charge in [-0.15, -0.1) is 0 Å². The SMILES string of the molecule is CCCCCCOC1=C(OCc2ccccc2)C(c2ccccc2)=NNN1CC. The van der Waals surface area contributed by atoms with Gasteiger partial charge in [-0.1, -0.05) is 86.8 Å². The summed E-state index contributed by atoms with van der Waals surface area (Å²) < 4.78 is 12.5. The predicted octanol–water partition coefficient (Wildman–Crippen LogP) is 5.21. The van der Waals surface area contributed by atoms with Crippen molar-refractivity contribution in [2.75, 3.05) is 13.2 Å². The first-order valence-electron chi connectivity index (χ1n) is 10.5. The molecule has 3 rings (SSSR count). The minimum absolute atomic E-state index is 0.461. The Bertz CT molecular complexity index is 803. The number of hydrazine groups is 1. The normalized spacial score (nSPS) is 13.7. The van der Waals surface area contributed by atoms with Crippen molar-refractivity contribution in [2.24, 2.45) is 5.10 Å². The largest absolute Gasteiger partial charge is 0.481 e. The van der Waals surface area contributed by atoms with Crippen LogP contribution in [0, 0.1) is 0 Å². The molecule has 2 aromatic carbocycles. The third kappa shape index (κ3) is 5.76. The van der Waals surface area contributed by atoms with E-state index in [0.717, 1.165) is 23.3 Å². The maximum Gasteiger partial charge on any atom is 0.255 e. The molecule has 154 valence electrons. The number of unbranched alkanes of at least 4 members (excludes halogenated alkanes) is 3. The molecule has 0 aliphatic carbocycles. The van der Waals surface area contributed by atoms with Crippen LogP contribution in [0.1, 0.15) is 50.7 Å². The van der Waals surface area contributed by atoms with Gasteiger partial charge in [0.25, 0.3) is 5.88 Å². The Morgan fingerprint density at radius 1 is 0.862 bits per heavy atom. The van der Waals surface area contributed by atoms with Gasteiger partial charge in [0.05, 0.1) is 6.61 Å². The Morgan fingerprint density at radius 2 is 1.59 bits per heavy atom. The molecular formula is C24H31N3O2. The Morgan fingerprint density at radius 3 is 2.28 bits per heavy atom. The smallest absolute Gasteiger partial charge is 0.255 e. The molecule has 0 radical (unpaired) electrons. The predicted molar refractivity (Wildman–Crippen MR) is 117 cm³/mol. The van der Waals surface area contributed by atoms with E-state index in [2.05, 4.69) is 36.6 Å². The van der Waals surface area contributed by atoms with Crippen LogP contribution in [0.4, 0.5) is 0 Å². The van der Waals surface area contributed by atoms with Gasteiger partial charge in [-0.2, -0.15) is 5.10 Å². The molecule has 0 saturated carbocycles. The van der Waals surface area contributed by atoms with Gasteiger partial charge in [0, 0.05) is 12.1 Å². The first-order chi connectivity index (χ1) is 14.3. The summed E-state index contributed by atoms with van der Waals surface area (Å²) in [5.74, 6) is 1.38. The molecule has 0 spiro atoms. The number of benzene rings is 2. The summed E-state index contributed by atoms with van der Waals surface area (Å²) >= 11 is 0. The number of hydrogen-bond acceptors (Lipinski definition) is 5. The Balaban J connectivity index is 1.85. The van der Waals surface area contributed by atoms with E-state index >= 15 is 0 Å². The molecule has 0 aromatic heterocycles. The van der Waals surface area contributed by atoms with E-state index < -0.39 is 0 Å². The van der Waals surface area contributed by atoms with Crippen LogP contribution < -0.4 is 5.53 Å². The topological polar surface area (TPSA) is 46.1 Å². The van der Waals surface area contributed by atoms with Gasteiger partial charge in [-0.25, -0.2) is 10.5 Å². The van der Waals surface area contributed by atoms with Gasteiger partial charge in [0.1, 0.15) is 12.3 Å². The molecule has 1 N–H and O–H groups in total. The van der Waals surface area contributed by atoms with E-state index in [1.54, 1.807) is 0 Å². The highest BCUT2D eigenvalue weighted by Gasteiger charge is 2.27. The van der Waals surface area contributed by atoms with Crippen molar-refractivity contribution in [1.29, 1.82) is 0 Å². The number of hydrogen-bond donors (Lipinski definition) is 1. The number of ether oxygens (including phenoxy) is 2. The average molecular weight is 394 g/mol. The standard InChI is InChI=1S/C24H31N3O2/c1-3-5-6-13-18-28-24-23(29-19-20-14-9-7-10-15-20)22(25-26-27(24)4-2)21-16-11-8-12-17-21/h7-12,14-17,26H,3-6,13,18-19H2,1-2H3. The monoisotopic (exact) mass is 393 g/mol. The van der Waals surface area contributed by atoms with Crippen LogP contribution in [0.2, 0.25) is 0 Å². The fourth-order valence-corrected chi connectivity index (χ4v) is 3.14. The second-order valence-corrected chi connectivity index (χ2v) is 6.99. The highest BCUT2D eigenvalue weighted by molar-refractivity contribution is 6.11. The molecule has 1 heterocycles. The fourth-order valence-electron chi connectivity index (χ4n) is 3.14. The van der Waals surface area contributed by atoms with Crippen molar-refractivity contribution >= 4 is 5.71 Å². The first kappa shape index (κ1) is 20.8. The summed E-state index contributed by atoms with van der Waals surface area (Å²) in [6.45, 7) is 6.11. The molecule has 0 fully saturated rings. The van der Waals surface area contributed by atoms with Gasteiger partial charge < -0.3 is 9.47 Å². The molecule has 5 heteroatoms. The number of allylic oxidation sites excluding steroid dienone is 1. The maximum absolute atomic E-state index is 6.30. The molecule has 29 heavy (non-hydrogen) atoms. The van der Waals surface area contributed by atoms with Gasteiger partial charge >= 0.3 is 0 Å². The molecule has 1 aliphatic heterocycles. The molecule has 0 unspecified atom stereocenters. The van der Waals surface area contributed by atoms with E-state index in [1.807, 2.05) is 53.5 Å². The van der Waals surface area contributed by atoms with Crippen molar-refractivity contribution in [3.05, 3.63) is 83.4 Å². The van der Waals surface area contributed by atoms with Crippen molar-refractivity contribution in [1.82, 2.24) is 10.5 Å². The Labute approximate surface area is 174 Å². The van der Waals surface area contributed by atoms with Crippen LogP contribution in [0.25, 0.3) is 0 Å². The molecule has 0 amide bonds.